The van der Waals surface area contributed by atoms with Crippen molar-refractivity contribution in [3.63, 3.8) is 0 Å². The van der Waals surface area contributed by atoms with Crippen LogP contribution in [0.3, 0.4) is 0 Å². The van der Waals surface area contributed by atoms with Crippen molar-refractivity contribution in [2.24, 2.45) is 0 Å². The molecule has 0 heterocycles. The summed E-state index contributed by atoms with van der Waals surface area (Å²) in [5, 5.41) is 2.83. The van der Waals surface area contributed by atoms with Crippen molar-refractivity contribution in [1.29, 1.82) is 0 Å². The third-order valence-electron chi connectivity index (χ3n) is 6.84. The van der Waals surface area contributed by atoms with E-state index in [2.05, 4.69) is 81.4 Å². The van der Waals surface area contributed by atoms with Gasteiger partial charge in [-0.05, 0) is 104 Å². The molecular weight excluding hydrogens is 336 g/mol. The molecule has 0 nitrogen and oxygen atoms in total. The van der Waals surface area contributed by atoms with Crippen molar-refractivity contribution in [3.05, 3.63) is 94.0 Å². The summed E-state index contributed by atoms with van der Waals surface area (Å²) < 4.78 is 0. The predicted molar refractivity (Wildman–Crippen MR) is 119 cm³/mol. The number of hydrogen-bond acceptors (Lipinski definition) is 0. The molecule has 28 heavy (non-hydrogen) atoms. The molecule has 0 fully saturated rings. The Kier molecular flexibility index (Phi) is 3.21. The number of benzene rings is 4. The van der Waals surface area contributed by atoms with Crippen LogP contribution < -0.4 is 0 Å². The third kappa shape index (κ3) is 2.06. The smallest absolute Gasteiger partial charge is 0.000434 e. The maximum atomic E-state index is 2.48. The lowest BCUT2D eigenvalue weighted by atomic mass is 9.89. The van der Waals surface area contributed by atoms with Gasteiger partial charge in [0.05, 0.1) is 0 Å². The number of fused-ring (bicyclic) bond motifs is 8. The van der Waals surface area contributed by atoms with Gasteiger partial charge in [-0.1, -0.05) is 62.4 Å². The van der Waals surface area contributed by atoms with Crippen LogP contribution in [0.15, 0.2) is 60.7 Å². The van der Waals surface area contributed by atoms with E-state index in [0.29, 0.717) is 5.92 Å². The first kappa shape index (κ1) is 16.1. The molecule has 0 radical (unpaired) electrons. The molecule has 0 N–H and O–H groups in total. The average Bonchev–Trinajstić information content (AvgIpc) is 3.23. The molecule has 136 valence electrons. The van der Waals surface area contributed by atoms with E-state index < -0.39 is 0 Å². The minimum atomic E-state index is 0.564. The predicted octanol–water partition coefficient (Wildman–Crippen LogP) is 7.41. The first-order valence-electron chi connectivity index (χ1n) is 10.4. The highest BCUT2D eigenvalue weighted by atomic mass is 14.3. The van der Waals surface area contributed by atoms with Gasteiger partial charge in [0.15, 0.2) is 0 Å². The molecule has 0 aromatic heterocycles. The third-order valence-corrected chi connectivity index (χ3v) is 6.84. The van der Waals surface area contributed by atoms with Gasteiger partial charge in [0.25, 0.3) is 0 Å². The highest BCUT2D eigenvalue weighted by Crippen LogP contribution is 2.46. The van der Waals surface area contributed by atoms with Crippen LogP contribution in [0.5, 0.6) is 0 Å². The topological polar surface area (TPSA) is 0 Å². The molecule has 0 unspecified atom stereocenters. The summed E-state index contributed by atoms with van der Waals surface area (Å²) in [5.74, 6) is 0.564. The zero-order valence-electron chi connectivity index (χ0n) is 16.8. The number of hydrogen-bond donors (Lipinski definition) is 0. The van der Waals surface area contributed by atoms with Gasteiger partial charge in [-0.2, -0.15) is 0 Å². The highest BCUT2D eigenvalue weighted by molar-refractivity contribution is 5.99. The van der Waals surface area contributed by atoms with Gasteiger partial charge in [0.1, 0.15) is 0 Å². The molecule has 0 saturated carbocycles. The van der Waals surface area contributed by atoms with Crippen molar-refractivity contribution in [3.8, 4) is 22.3 Å². The first-order valence-corrected chi connectivity index (χ1v) is 10.4. The zero-order valence-corrected chi connectivity index (χ0v) is 16.8. The van der Waals surface area contributed by atoms with Crippen LogP contribution in [0.1, 0.15) is 53.1 Å². The maximum absolute atomic E-state index is 2.48. The Morgan fingerprint density at radius 3 is 2.32 bits per heavy atom. The number of aryl methyl sites for hydroxylation is 1. The lowest BCUT2D eigenvalue weighted by Gasteiger charge is -2.15. The van der Waals surface area contributed by atoms with Gasteiger partial charge in [0, 0.05) is 0 Å². The summed E-state index contributed by atoms with van der Waals surface area (Å²) in [6.07, 6.45) is 2.14. The van der Waals surface area contributed by atoms with Crippen LogP contribution in [-0.4, -0.2) is 0 Å². The molecule has 0 aliphatic heterocycles. The van der Waals surface area contributed by atoms with Crippen LogP contribution in [-0.2, 0) is 12.8 Å². The minimum absolute atomic E-state index is 0.564. The van der Waals surface area contributed by atoms with Crippen molar-refractivity contribution in [2.45, 2.75) is 39.5 Å². The van der Waals surface area contributed by atoms with Gasteiger partial charge < -0.3 is 0 Å². The van der Waals surface area contributed by atoms with Crippen molar-refractivity contribution in [1.82, 2.24) is 0 Å². The largest absolute Gasteiger partial charge is 0.0619 e. The van der Waals surface area contributed by atoms with Crippen LogP contribution in [0, 0.1) is 6.92 Å². The van der Waals surface area contributed by atoms with E-state index in [0.717, 1.165) is 12.8 Å². The zero-order chi connectivity index (χ0) is 19.0. The molecule has 0 saturated heterocycles. The first-order chi connectivity index (χ1) is 13.6. The second-order valence-electron chi connectivity index (χ2n) is 8.81. The summed E-state index contributed by atoms with van der Waals surface area (Å²) in [4.78, 5) is 0. The van der Waals surface area contributed by atoms with Crippen LogP contribution >= 0.6 is 0 Å². The average molecular weight is 361 g/mol. The van der Waals surface area contributed by atoms with Gasteiger partial charge in [-0.25, -0.2) is 0 Å². The molecule has 2 aliphatic rings. The monoisotopic (exact) mass is 360 g/mol. The van der Waals surface area contributed by atoms with E-state index in [9.17, 15) is 0 Å². The van der Waals surface area contributed by atoms with Gasteiger partial charge >= 0.3 is 0 Å². The molecule has 0 atom stereocenters. The standard InChI is InChI=1S/C28H24/c1-16(2)28-17(3)8-10-23-22-11-9-19-13-25-20(12-18-6-4-5-7-21(18)25)14-24(19)26(22)15-27(23)28/h4-11,13-14,16H,12,15H2,1-3H3. The Hall–Kier alpha value is -2.86. The normalized spacial score (nSPS) is 13.6. The Morgan fingerprint density at radius 2 is 1.46 bits per heavy atom. The molecule has 2 aliphatic carbocycles. The SMILES string of the molecule is Cc1ccc2c(c1C(C)C)Cc1c-2ccc2cc3c(cc12)Cc1ccccc1-3. The summed E-state index contributed by atoms with van der Waals surface area (Å²) >= 11 is 0. The Labute approximate surface area is 166 Å². The quantitative estimate of drug-likeness (QED) is 0.286. The second kappa shape index (κ2) is 5.58. The van der Waals surface area contributed by atoms with Crippen molar-refractivity contribution in [2.75, 3.05) is 0 Å². The van der Waals surface area contributed by atoms with Crippen LogP contribution in [0.4, 0.5) is 0 Å². The lowest BCUT2D eigenvalue weighted by molar-refractivity contribution is 0.842. The molecule has 0 bridgehead atoms. The summed E-state index contributed by atoms with van der Waals surface area (Å²) in [6.45, 7) is 6.92. The van der Waals surface area contributed by atoms with E-state index in [1.54, 1.807) is 11.1 Å². The molecular formula is C28H24. The summed E-state index contributed by atoms with van der Waals surface area (Å²) in [5.41, 5.74) is 14.8. The maximum Gasteiger partial charge on any atom is -0.000434 e. The number of rotatable bonds is 1. The molecule has 0 amide bonds. The fourth-order valence-electron chi connectivity index (χ4n) is 5.67. The van der Waals surface area contributed by atoms with Crippen molar-refractivity contribution >= 4 is 10.8 Å². The highest BCUT2D eigenvalue weighted by Gasteiger charge is 2.26. The van der Waals surface area contributed by atoms with Crippen molar-refractivity contribution < 1.29 is 0 Å². The van der Waals surface area contributed by atoms with Gasteiger partial charge in [-0.15, -0.1) is 0 Å². The lowest BCUT2D eigenvalue weighted by Crippen LogP contribution is -1.98. The fraction of sp³-hybridized carbons (Fsp3) is 0.214. The van der Waals surface area contributed by atoms with E-state index in [1.165, 1.54) is 55.3 Å². The Bertz CT molecular complexity index is 1290. The summed E-state index contributed by atoms with van der Waals surface area (Å²) in [6, 6.07) is 23.1. The summed E-state index contributed by atoms with van der Waals surface area (Å²) in [7, 11) is 0. The second-order valence-corrected chi connectivity index (χ2v) is 8.81. The van der Waals surface area contributed by atoms with Gasteiger partial charge in [-0.3, -0.25) is 0 Å². The minimum Gasteiger partial charge on any atom is -0.0619 e. The molecule has 0 heteroatoms. The van der Waals surface area contributed by atoms with Gasteiger partial charge in [0.2, 0.25) is 0 Å². The van der Waals surface area contributed by atoms with E-state index in [4.69, 9.17) is 0 Å². The van der Waals surface area contributed by atoms with Crippen LogP contribution in [0.25, 0.3) is 33.0 Å². The Morgan fingerprint density at radius 1 is 0.679 bits per heavy atom. The van der Waals surface area contributed by atoms with E-state index in [1.807, 2.05) is 0 Å². The van der Waals surface area contributed by atoms with E-state index >= 15 is 0 Å². The van der Waals surface area contributed by atoms with Crippen LogP contribution in [0.2, 0.25) is 0 Å². The molecule has 0 spiro atoms. The molecule has 6 rings (SSSR count). The molecule has 4 aromatic rings. The van der Waals surface area contributed by atoms with E-state index in [-0.39, 0.29) is 0 Å². The molecule has 4 aromatic carbocycles. The Balaban J connectivity index is 1.58. The fourth-order valence-corrected chi connectivity index (χ4v) is 5.67.